The smallest absolute Gasteiger partial charge is 0.430 e. The van der Waals surface area contributed by atoms with Crippen LogP contribution < -0.4 is 29.6 Å². The molecule has 1 unspecified atom stereocenters. The molecule has 5 heteroatoms. The van der Waals surface area contributed by atoms with Gasteiger partial charge < -0.3 is 4.74 Å². The van der Waals surface area contributed by atoms with E-state index >= 15 is 0 Å². The Labute approximate surface area is 97.6 Å². The average Bonchev–Trinajstić information content (AvgIpc) is 1.82. The molecule has 0 bridgehead atoms. The van der Waals surface area contributed by atoms with Crippen LogP contribution in [-0.2, 0) is 19.1 Å². The van der Waals surface area contributed by atoms with Crippen molar-refractivity contribution in [2.75, 3.05) is 0 Å². The molecular weight excluding hydrogens is 183 g/mol. The molecule has 1 atom stereocenters. The summed E-state index contributed by atoms with van der Waals surface area (Å²) >= 11 is 0. The van der Waals surface area contributed by atoms with E-state index in [4.69, 9.17) is 0 Å². The van der Waals surface area contributed by atoms with Gasteiger partial charge in [-0.2, -0.15) is 0 Å². The van der Waals surface area contributed by atoms with E-state index in [2.05, 4.69) is 4.74 Å². The van der Waals surface area contributed by atoms with E-state index in [0.29, 0.717) is 0 Å². The molecule has 0 N–H and O–H groups in total. The van der Waals surface area contributed by atoms with E-state index < -0.39 is 23.5 Å². The molecule has 0 saturated heterocycles. The molecule has 1 rings (SSSR count). The number of esters is 1. The van der Waals surface area contributed by atoms with E-state index in [1.807, 2.05) is 0 Å². The Balaban J connectivity index is 0.00000144. The zero-order valence-electron chi connectivity index (χ0n) is 7.79. The van der Waals surface area contributed by atoms with Crippen molar-refractivity contribution in [2.45, 2.75) is 13.8 Å². The van der Waals surface area contributed by atoms with Gasteiger partial charge in [0.1, 0.15) is 5.76 Å². The third-order valence-corrected chi connectivity index (χ3v) is 1.53. The fraction of sp³-hybridized carbons (Fsp3) is 0.375. The van der Waals surface area contributed by atoms with E-state index in [-0.39, 0.29) is 35.3 Å². The van der Waals surface area contributed by atoms with Gasteiger partial charge in [0.15, 0.2) is 17.5 Å². The molecule has 0 saturated carbocycles. The van der Waals surface area contributed by atoms with Crippen molar-refractivity contribution in [1.82, 2.24) is 0 Å². The fourth-order valence-corrected chi connectivity index (χ4v) is 1.01. The minimum absolute atomic E-state index is 0. The summed E-state index contributed by atoms with van der Waals surface area (Å²) in [5.74, 6) is -2.74. The number of hydrogen-bond donors (Lipinski definition) is 0. The van der Waals surface area contributed by atoms with Crippen LogP contribution in [0.5, 0.6) is 0 Å². The summed E-state index contributed by atoms with van der Waals surface area (Å²) < 4.78 is 4.61. The predicted molar refractivity (Wildman–Crippen MR) is 39.0 cm³/mol. The largest absolute Gasteiger partial charge is 1.00 e. The van der Waals surface area contributed by atoms with Crippen LogP contribution in [0, 0.1) is 5.92 Å². The minimum Gasteiger partial charge on any atom is -0.430 e. The number of cyclic esters (lactones) is 1. The van der Waals surface area contributed by atoms with Crippen LogP contribution in [0.3, 0.4) is 0 Å². The van der Waals surface area contributed by atoms with Gasteiger partial charge in [-0.25, -0.2) is 0 Å². The maximum absolute atomic E-state index is 11.1. The van der Waals surface area contributed by atoms with Crippen LogP contribution in [0.4, 0.5) is 0 Å². The summed E-state index contributed by atoms with van der Waals surface area (Å²) in [6, 6.07) is 0. The Kier molecular flexibility index (Phi) is 4.53. The Hall–Kier alpha value is -0.450. The maximum Gasteiger partial charge on any atom is 1.00 e. The quantitative estimate of drug-likeness (QED) is 0.255. The Morgan fingerprint density at radius 1 is 1.46 bits per heavy atom. The van der Waals surface area contributed by atoms with E-state index in [0.717, 1.165) is 6.08 Å². The van der Waals surface area contributed by atoms with Crippen LogP contribution in [-0.4, -0.2) is 17.5 Å². The molecule has 0 aromatic heterocycles. The van der Waals surface area contributed by atoms with Crippen molar-refractivity contribution in [1.29, 1.82) is 0 Å². The summed E-state index contributed by atoms with van der Waals surface area (Å²) in [6.45, 7) is 2.68. The minimum atomic E-state index is -1.24. The molecule has 0 aromatic rings. The number of carbonyl (C=O) groups is 3. The second kappa shape index (κ2) is 4.69. The van der Waals surface area contributed by atoms with E-state index in [9.17, 15) is 14.4 Å². The summed E-state index contributed by atoms with van der Waals surface area (Å²) in [6.07, 6.45) is 1.16. The Bertz CT molecular complexity index is 293. The van der Waals surface area contributed by atoms with Crippen molar-refractivity contribution in [2.24, 2.45) is 5.92 Å². The SMILES string of the molecule is CC(=O)C1C(=O)C=C(C)OC1=O.[Na+]. The van der Waals surface area contributed by atoms with Crippen molar-refractivity contribution in [3.8, 4) is 0 Å². The van der Waals surface area contributed by atoms with Crippen molar-refractivity contribution in [3.05, 3.63) is 11.8 Å². The number of ether oxygens (including phenoxy) is 1. The molecule has 0 amide bonds. The van der Waals surface area contributed by atoms with Gasteiger partial charge >= 0.3 is 35.5 Å². The third-order valence-electron chi connectivity index (χ3n) is 1.53. The fourth-order valence-electron chi connectivity index (χ4n) is 1.01. The zero-order chi connectivity index (χ0) is 9.30. The normalized spacial score (nSPS) is 21.4. The molecule has 1 aliphatic heterocycles. The number of carbonyl (C=O) groups excluding carboxylic acids is 3. The van der Waals surface area contributed by atoms with Crippen LogP contribution >= 0.6 is 0 Å². The first-order valence-electron chi connectivity index (χ1n) is 3.46. The Morgan fingerprint density at radius 3 is 2.38 bits per heavy atom. The number of hydrogen-bond acceptors (Lipinski definition) is 4. The first-order chi connectivity index (χ1) is 5.52. The van der Waals surface area contributed by atoms with Crippen LogP contribution in [0.2, 0.25) is 0 Å². The van der Waals surface area contributed by atoms with Crippen LogP contribution in [0.25, 0.3) is 0 Å². The van der Waals surface area contributed by atoms with Gasteiger partial charge in [0.05, 0.1) is 0 Å². The van der Waals surface area contributed by atoms with E-state index in [1.165, 1.54) is 13.8 Å². The number of Topliss-reactive ketones (excluding diaryl/α,β-unsaturated/α-hetero) is 1. The van der Waals surface area contributed by atoms with Gasteiger partial charge in [-0.05, 0) is 13.8 Å². The molecule has 64 valence electrons. The zero-order valence-corrected chi connectivity index (χ0v) is 9.79. The summed E-state index contributed by atoms with van der Waals surface area (Å²) in [7, 11) is 0. The van der Waals surface area contributed by atoms with Gasteiger partial charge in [-0.1, -0.05) is 0 Å². The predicted octanol–water partition coefficient (Wildman–Crippen LogP) is -2.77. The van der Waals surface area contributed by atoms with Gasteiger partial charge in [-0.3, -0.25) is 14.4 Å². The van der Waals surface area contributed by atoms with Crippen molar-refractivity contribution in [3.63, 3.8) is 0 Å². The van der Waals surface area contributed by atoms with Gasteiger partial charge in [0.2, 0.25) is 0 Å². The summed E-state index contributed by atoms with van der Waals surface area (Å²) in [4.78, 5) is 32.8. The number of ketones is 2. The second-order valence-corrected chi connectivity index (χ2v) is 2.62. The summed E-state index contributed by atoms with van der Waals surface area (Å²) in [5.41, 5.74) is 0. The van der Waals surface area contributed by atoms with Crippen LogP contribution in [0.15, 0.2) is 11.8 Å². The van der Waals surface area contributed by atoms with Gasteiger partial charge in [0, 0.05) is 6.08 Å². The molecule has 0 spiro atoms. The Morgan fingerprint density at radius 2 is 2.00 bits per heavy atom. The van der Waals surface area contributed by atoms with Gasteiger partial charge in [-0.15, -0.1) is 0 Å². The number of allylic oxidation sites excluding steroid dienone is 2. The molecule has 0 aromatic carbocycles. The van der Waals surface area contributed by atoms with E-state index in [1.54, 1.807) is 0 Å². The van der Waals surface area contributed by atoms with Crippen molar-refractivity contribution >= 4 is 17.5 Å². The average molecular weight is 191 g/mol. The maximum atomic E-state index is 11.1. The third kappa shape index (κ3) is 2.76. The summed E-state index contributed by atoms with van der Waals surface area (Å²) in [5, 5.41) is 0. The first kappa shape index (κ1) is 12.6. The molecule has 13 heavy (non-hydrogen) atoms. The second-order valence-electron chi connectivity index (χ2n) is 2.62. The molecular formula is C8H8NaO4+. The number of rotatable bonds is 1. The molecule has 1 aliphatic rings. The topological polar surface area (TPSA) is 60.4 Å². The van der Waals surface area contributed by atoms with Gasteiger partial charge in [0.25, 0.3) is 0 Å². The standard InChI is InChI=1S/C8H8O4.Na/c1-4-3-6(10)7(5(2)9)8(11)12-4;/h3,7H,1-2H3;/q;+1. The van der Waals surface area contributed by atoms with Crippen LogP contribution in [0.1, 0.15) is 13.8 Å². The molecule has 0 radical (unpaired) electrons. The van der Waals surface area contributed by atoms with Crippen molar-refractivity contribution < 1.29 is 48.7 Å². The monoisotopic (exact) mass is 191 g/mol. The molecule has 4 nitrogen and oxygen atoms in total. The molecule has 0 aliphatic carbocycles. The molecule has 0 fully saturated rings. The first-order valence-corrected chi connectivity index (χ1v) is 3.46. The molecule has 1 heterocycles.